The molecule has 2 heterocycles. The topological polar surface area (TPSA) is 135 Å². The van der Waals surface area contributed by atoms with Crippen molar-refractivity contribution in [2.75, 3.05) is 24.7 Å². The Kier molecular flexibility index (Phi) is 5.02. The van der Waals surface area contributed by atoms with Crippen LogP contribution >= 0.6 is 21.7 Å². The second kappa shape index (κ2) is 6.23. The molecule has 20 heavy (non-hydrogen) atoms. The van der Waals surface area contributed by atoms with Crippen molar-refractivity contribution in [3.63, 3.8) is 0 Å². The van der Waals surface area contributed by atoms with Crippen molar-refractivity contribution in [3.05, 3.63) is 0 Å². The molecule has 2 aliphatic rings. The lowest BCUT2D eigenvalue weighted by atomic mass is 10.3. The Morgan fingerprint density at radius 3 is 1.65 bits per heavy atom. The van der Waals surface area contributed by atoms with Gasteiger partial charge in [0.15, 0.2) is 0 Å². The van der Waals surface area contributed by atoms with Gasteiger partial charge in [-0.25, -0.2) is 4.79 Å². The zero-order valence-corrected chi connectivity index (χ0v) is 12.2. The first-order valence-corrected chi connectivity index (χ1v) is 9.22. The maximum absolute atomic E-state index is 11.6. The molecule has 4 N–H and O–H groups in total. The van der Waals surface area contributed by atoms with E-state index in [9.17, 15) is 23.0 Å². The molecule has 2 fully saturated rings. The average Bonchev–Trinajstić information content (AvgIpc) is 2.25. The molecule has 2 aliphatic heterocycles. The molecule has 0 radical (unpaired) electrons. The van der Waals surface area contributed by atoms with Gasteiger partial charge in [-0.1, -0.05) is 0 Å². The third-order valence-corrected chi connectivity index (χ3v) is 5.46. The summed E-state index contributed by atoms with van der Waals surface area (Å²) in [6.07, 6.45) is -1.68. The molecule has 2 unspecified atom stereocenters. The highest BCUT2D eigenvalue weighted by Gasteiger charge is 2.35. The first-order chi connectivity index (χ1) is 9.26. The van der Waals surface area contributed by atoms with Crippen LogP contribution in [0.25, 0.3) is 0 Å². The van der Waals surface area contributed by atoms with Crippen LogP contribution in [0.15, 0.2) is 0 Å². The second-order valence-corrected chi connectivity index (χ2v) is 8.06. The molecule has 2 rings (SSSR count). The molecule has 0 aromatic carbocycles. The van der Waals surface area contributed by atoms with Gasteiger partial charge in [0.25, 0.3) is 0 Å². The molecule has 0 aromatic heterocycles. The van der Waals surface area contributed by atoms with E-state index >= 15 is 0 Å². The van der Waals surface area contributed by atoms with Gasteiger partial charge in [-0.15, -0.1) is 0 Å². The van der Waals surface area contributed by atoms with Gasteiger partial charge in [-0.05, 0) is 0 Å². The second-order valence-electron chi connectivity index (χ2n) is 4.50. The number of hydrogen-bond acceptors (Lipinski definition) is 9. The minimum atomic E-state index is -3.16. The fourth-order valence-corrected chi connectivity index (χ4v) is 4.22. The first-order valence-electron chi connectivity index (χ1n) is 5.94. The fraction of sp³-hybridized carbons (Fsp3) is 0.889. The van der Waals surface area contributed by atoms with Crippen LogP contribution in [0.2, 0.25) is 0 Å². The van der Waals surface area contributed by atoms with E-state index in [0.29, 0.717) is 12.8 Å². The van der Waals surface area contributed by atoms with E-state index in [1.807, 2.05) is 0 Å². The number of hydrogen-bond donors (Lipinski definition) is 4. The predicted molar refractivity (Wildman–Crippen MR) is 71.7 cm³/mol. The Hall–Kier alpha value is -0.270. The lowest BCUT2D eigenvalue weighted by Crippen LogP contribution is -2.36. The largest absolute Gasteiger partial charge is 0.508 e. The monoisotopic (exact) mass is 334 g/mol. The van der Waals surface area contributed by atoms with Crippen LogP contribution < -0.4 is 0 Å². The summed E-state index contributed by atoms with van der Waals surface area (Å²) in [5.74, 6) is -0.379. The summed E-state index contributed by atoms with van der Waals surface area (Å²) in [6, 6.07) is 0. The average molecular weight is 334 g/mol. The highest BCUT2D eigenvalue weighted by molar-refractivity contribution is 8.20. The SMILES string of the molecule is O=C(OC1CCOS(O)(O)C1)OC1CCOS(O)(O)C1. The van der Waals surface area contributed by atoms with Crippen molar-refractivity contribution < 1.29 is 40.8 Å². The molecule has 0 spiro atoms. The Labute approximate surface area is 119 Å². The fourth-order valence-electron chi connectivity index (χ4n) is 1.86. The van der Waals surface area contributed by atoms with Crippen LogP contribution in [0, 0.1) is 0 Å². The lowest BCUT2D eigenvalue weighted by Gasteiger charge is -2.36. The van der Waals surface area contributed by atoms with Crippen LogP contribution in [0.4, 0.5) is 4.79 Å². The van der Waals surface area contributed by atoms with E-state index in [-0.39, 0.29) is 24.7 Å². The molecule has 0 aromatic rings. The summed E-state index contributed by atoms with van der Waals surface area (Å²) < 4.78 is 56.8. The minimum absolute atomic E-state index is 0.0814. The Morgan fingerprint density at radius 2 is 1.30 bits per heavy atom. The molecule has 11 heteroatoms. The Morgan fingerprint density at radius 1 is 0.900 bits per heavy atom. The van der Waals surface area contributed by atoms with Crippen molar-refractivity contribution in [2.45, 2.75) is 25.0 Å². The summed E-state index contributed by atoms with van der Waals surface area (Å²) in [7, 11) is -6.32. The summed E-state index contributed by atoms with van der Waals surface area (Å²) in [5.41, 5.74) is 0. The summed E-state index contributed by atoms with van der Waals surface area (Å²) >= 11 is 0. The third kappa shape index (κ3) is 4.93. The van der Waals surface area contributed by atoms with Gasteiger partial charge in [0.05, 0.1) is 46.5 Å². The van der Waals surface area contributed by atoms with E-state index in [4.69, 9.17) is 17.8 Å². The lowest BCUT2D eigenvalue weighted by molar-refractivity contribution is -0.00955. The van der Waals surface area contributed by atoms with Crippen molar-refractivity contribution in [1.29, 1.82) is 0 Å². The van der Waals surface area contributed by atoms with Gasteiger partial charge in [0, 0.05) is 12.8 Å². The van der Waals surface area contributed by atoms with E-state index in [1.165, 1.54) is 0 Å². The van der Waals surface area contributed by atoms with Crippen LogP contribution in [0.1, 0.15) is 12.8 Å². The Bertz CT molecular complexity index is 329. The quantitative estimate of drug-likeness (QED) is 0.559. The van der Waals surface area contributed by atoms with Crippen molar-refractivity contribution >= 4 is 27.9 Å². The molecular weight excluding hydrogens is 316 g/mol. The first kappa shape index (κ1) is 16.1. The standard InChI is InChI=1S/C9H18O9S2/c10-9(17-7-1-3-15-19(11,12)5-7)18-8-2-4-16-20(13,14)6-8/h7-8,11-14H,1-6H2. The molecule has 9 nitrogen and oxygen atoms in total. The van der Waals surface area contributed by atoms with Gasteiger partial charge < -0.3 is 27.7 Å². The maximum Gasteiger partial charge on any atom is 0.508 e. The van der Waals surface area contributed by atoms with Gasteiger partial charge in [0.1, 0.15) is 12.2 Å². The van der Waals surface area contributed by atoms with E-state index in [1.54, 1.807) is 0 Å². The van der Waals surface area contributed by atoms with Crippen molar-refractivity contribution in [3.8, 4) is 0 Å². The van der Waals surface area contributed by atoms with Crippen molar-refractivity contribution in [2.24, 2.45) is 0 Å². The van der Waals surface area contributed by atoms with Crippen LogP contribution in [0.5, 0.6) is 0 Å². The molecular formula is C9H18O9S2. The van der Waals surface area contributed by atoms with Crippen LogP contribution in [-0.4, -0.2) is 61.3 Å². The van der Waals surface area contributed by atoms with E-state index < -0.39 is 40.1 Å². The van der Waals surface area contributed by atoms with Crippen molar-refractivity contribution in [1.82, 2.24) is 0 Å². The van der Waals surface area contributed by atoms with Crippen LogP contribution in [0.3, 0.4) is 0 Å². The normalized spacial score (nSPS) is 35.6. The highest BCUT2D eigenvalue weighted by Crippen LogP contribution is 2.45. The number of carbonyl (C=O) groups is 1. The predicted octanol–water partition coefficient (Wildman–Crippen LogP) is 2.05. The van der Waals surface area contributed by atoms with Gasteiger partial charge in [0.2, 0.25) is 0 Å². The molecule has 120 valence electrons. The smallest absolute Gasteiger partial charge is 0.430 e. The molecule has 2 saturated heterocycles. The molecule has 0 amide bonds. The van der Waals surface area contributed by atoms with Gasteiger partial charge >= 0.3 is 6.16 Å². The van der Waals surface area contributed by atoms with Crippen LogP contribution in [-0.2, 0) is 17.8 Å². The van der Waals surface area contributed by atoms with E-state index in [0.717, 1.165) is 0 Å². The number of carbonyl (C=O) groups excluding carboxylic acids is 1. The molecule has 0 bridgehead atoms. The molecule has 0 saturated carbocycles. The maximum atomic E-state index is 11.6. The summed E-state index contributed by atoms with van der Waals surface area (Å²) in [6.45, 7) is 0.163. The highest BCUT2D eigenvalue weighted by atomic mass is 32.3. The number of rotatable bonds is 2. The Balaban J connectivity index is 1.78. The minimum Gasteiger partial charge on any atom is -0.430 e. The zero-order chi connectivity index (χ0) is 14.8. The third-order valence-electron chi connectivity index (χ3n) is 2.76. The molecule has 2 atom stereocenters. The number of ether oxygens (including phenoxy) is 2. The summed E-state index contributed by atoms with van der Waals surface area (Å²) in [4.78, 5) is 11.6. The van der Waals surface area contributed by atoms with E-state index in [2.05, 4.69) is 0 Å². The zero-order valence-electron chi connectivity index (χ0n) is 10.5. The van der Waals surface area contributed by atoms with Gasteiger partial charge in [-0.3, -0.25) is 8.37 Å². The molecule has 0 aliphatic carbocycles. The van der Waals surface area contributed by atoms with Gasteiger partial charge in [-0.2, -0.15) is 0 Å². The summed E-state index contributed by atoms with van der Waals surface area (Å²) in [5, 5.41) is 0.